The van der Waals surface area contributed by atoms with Crippen molar-refractivity contribution in [3.8, 4) is 11.5 Å². The number of aliphatic hydroxyl groups excluding tert-OH is 1. The molecule has 0 bridgehead atoms. The number of fused-ring (bicyclic) bond motifs is 5. The Labute approximate surface area is 274 Å². The van der Waals surface area contributed by atoms with Crippen molar-refractivity contribution in [1.82, 2.24) is 0 Å². The van der Waals surface area contributed by atoms with Crippen LogP contribution < -0.4 is 9.47 Å². The van der Waals surface area contributed by atoms with Crippen LogP contribution in [0.3, 0.4) is 0 Å². The first-order valence-electron chi connectivity index (χ1n) is 18.0. The number of carbonyl (C=O) groups excluding carboxylic acids is 1. The minimum atomic E-state index is -0.800. The second-order valence-electron chi connectivity index (χ2n) is 15.5. The van der Waals surface area contributed by atoms with Crippen molar-refractivity contribution in [2.75, 3.05) is 13.2 Å². The molecule has 5 rings (SSSR count). The quantitative estimate of drug-likeness (QED) is 0.159. The lowest BCUT2D eigenvalue weighted by molar-refractivity contribution is -0.159. The predicted octanol–water partition coefficient (Wildman–Crippen LogP) is 7.48. The lowest BCUT2D eigenvalue weighted by Gasteiger charge is -2.62. The van der Waals surface area contributed by atoms with Gasteiger partial charge in [0.05, 0.1) is 19.3 Å². The number of aliphatic carboxylic acids is 2. The first-order chi connectivity index (χ1) is 22.0. The molecule has 0 aliphatic heterocycles. The van der Waals surface area contributed by atoms with Crippen molar-refractivity contribution in [3.05, 3.63) is 23.8 Å². The molecule has 4 aliphatic carbocycles. The van der Waals surface area contributed by atoms with Crippen molar-refractivity contribution in [3.63, 3.8) is 0 Å². The number of carboxylic acid groups (broad SMARTS) is 2. The van der Waals surface area contributed by atoms with Crippen molar-refractivity contribution in [2.24, 2.45) is 40.4 Å². The first-order valence-corrected chi connectivity index (χ1v) is 18.0. The highest BCUT2D eigenvalue weighted by atomic mass is 16.5. The molecular formula is C38H56O8. The smallest absolute Gasteiger partial charge is 0.303 e. The number of aliphatic hydroxyl groups is 1. The molecule has 8 atom stereocenters. The molecule has 46 heavy (non-hydrogen) atoms. The summed E-state index contributed by atoms with van der Waals surface area (Å²) in [5.41, 5.74) is 1.32. The molecule has 0 saturated heterocycles. The number of carboxylic acids is 2. The number of benzene rings is 1. The number of carbonyl (C=O) groups is 3. The Morgan fingerprint density at radius 1 is 0.848 bits per heavy atom. The van der Waals surface area contributed by atoms with E-state index in [0.717, 1.165) is 69.8 Å². The van der Waals surface area contributed by atoms with Crippen LogP contribution in [0.4, 0.5) is 0 Å². The predicted molar refractivity (Wildman–Crippen MR) is 175 cm³/mol. The molecule has 8 nitrogen and oxygen atoms in total. The lowest BCUT2D eigenvalue weighted by atomic mass is 9.42. The Bertz CT molecular complexity index is 1190. The van der Waals surface area contributed by atoms with E-state index in [4.69, 9.17) is 19.7 Å². The third kappa shape index (κ3) is 7.91. The van der Waals surface area contributed by atoms with E-state index in [2.05, 4.69) is 26.0 Å². The van der Waals surface area contributed by atoms with Gasteiger partial charge >= 0.3 is 11.9 Å². The molecule has 0 aromatic heterocycles. The molecule has 3 N–H and O–H groups in total. The summed E-state index contributed by atoms with van der Waals surface area (Å²) in [7, 11) is 0. The van der Waals surface area contributed by atoms with Gasteiger partial charge in [-0.3, -0.25) is 14.4 Å². The molecule has 4 fully saturated rings. The number of unbranched alkanes of at least 4 members (excludes halogenated alkanes) is 2. The number of Topliss-reactive ketones (excluding diaryl/α,β-unsaturated/α-hetero) is 1. The number of hydrogen-bond donors (Lipinski definition) is 3. The van der Waals surface area contributed by atoms with Gasteiger partial charge < -0.3 is 24.8 Å². The number of ether oxygens (including phenoxy) is 2. The Morgan fingerprint density at radius 2 is 1.50 bits per heavy atom. The van der Waals surface area contributed by atoms with Crippen LogP contribution in [0, 0.1) is 40.4 Å². The summed E-state index contributed by atoms with van der Waals surface area (Å²) in [5, 5.41) is 29.1. The van der Waals surface area contributed by atoms with Crippen molar-refractivity contribution in [1.29, 1.82) is 0 Å². The Hall–Kier alpha value is -2.61. The maximum atomic E-state index is 12.5. The summed E-state index contributed by atoms with van der Waals surface area (Å²) in [5.74, 6) is 3.11. The highest BCUT2D eigenvalue weighted by molar-refractivity contribution is 5.79. The van der Waals surface area contributed by atoms with E-state index < -0.39 is 11.9 Å². The van der Waals surface area contributed by atoms with E-state index in [1.165, 1.54) is 6.42 Å². The number of ketones is 1. The average molecular weight is 641 g/mol. The van der Waals surface area contributed by atoms with E-state index in [0.29, 0.717) is 85.8 Å². The third-order valence-corrected chi connectivity index (χ3v) is 12.6. The highest BCUT2D eigenvalue weighted by Gasteiger charge is 2.62. The minimum Gasteiger partial charge on any atom is -0.493 e. The topological polar surface area (TPSA) is 130 Å². The molecule has 4 saturated carbocycles. The number of hydrogen-bond acceptors (Lipinski definition) is 6. The Morgan fingerprint density at radius 3 is 2.13 bits per heavy atom. The Kier molecular flexibility index (Phi) is 11.4. The first kappa shape index (κ1) is 34.7. The number of rotatable bonds is 16. The second kappa shape index (κ2) is 15.1. The van der Waals surface area contributed by atoms with Gasteiger partial charge in [-0.2, -0.15) is 0 Å². The molecule has 3 unspecified atom stereocenters. The van der Waals surface area contributed by atoms with Gasteiger partial charge in [0, 0.05) is 31.7 Å². The SMILES string of the molecule is C[C@]12C[C@H](CCCc3cc(OCCCCC(=O)O)cc(OCCCCC(=O)O)c3)C3C(CC[C@H]4CC(=O)CC[C@]34C)C1CC[C@@H]2O. The minimum absolute atomic E-state index is 0.0183. The molecule has 1 aromatic carbocycles. The summed E-state index contributed by atoms with van der Waals surface area (Å²) in [6.45, 7) is 5.72. The summed E-state index contributed by atoms with van der Waals surface area (Å²) < 4.78 is 12.1. The van der Waals surface area contributed by atoms with Crippen LogP contribution in [0.15, 0.2) is 18.2 Å². The molecule has 0 radical (unpaired) electrons. The van der Waals surface area contributed by atoms with Crippen LogP contribution in [-0.4, -0.2) is 52.4 Å². The van der Waals surface area contributed by atoms with E-state index in [-0.39, 0.29) is 29.8 Å². The second-order valence-corrected chi connectivity index (χ2v) is 15.5. The van der Waals surface area contributed by atoms with Gasteiger partial charge in [-0.15, -0.1) is 0 Å². The van der Waals surface area contributed by atoms with Gasteiger partial charge in [0.25, 0.3) is 0 Å². The molecule has 8 heteroatoms. The van der Waals surface area contributed by atoms with Crippen LogP contribution in [-0.2, 0) is 20.8 Å². The van der Waals surface area contributed by atoms with Gasteiger partial charge in [0.1, 0.15) is 17.3 Å². The fourth-order valence-corrected chi connectivity index (χ4v) is 10.4. The molecular weight excluding hydrogens is 584 g/mol. The van der Waals surface area contributed by atoms with E-state index >= 15 is 0 Å². The van der Waals surface area contributed by atoms with Crippen LogP contribution in [0.1, 0.15) is 122 Å². The van der Waals surface area contributed by atoms with Crippen molar-refractivity contribution in [2.45, 2.75) is 129 Å². The fraction of sp³-hybridized carbons (Fsp3) is 0.763. The summed E-state index contributed by atoms with van der Waals surface area (Å²) in [4.78, 5) is 34.3. The van der Waals surface area contributed by atoms with E-state index in [1.807, 2.05) is 6.07 Å². The van der Waals surface area contributed by atoms with E-state index in [9.17, 15) is 19.5 Å². The summed E-state index contributed by atoms with van der Waals surface area (Å²) >= 11 is 0. The summed E-state index contributed by atoms with van der Waals surface area (Å²) in [6, 6.07) is 6.02. The van der Waals surface area contributed by atoms with Gasteiger partial charge in [-0.05, 0) is 142 Å². The third-order valence-electron chi connectivity index (χ3n) is 12.6. The average Bonchev–Trinajstić information content (AvgIpc) is 3.30. The summed E-state index contributed by atoms with van der Waals surface area (Å²) in [6.07, 6.45) is 13.4. The van der Waals surface area contributed by atoms with Crippen LogP contribution >= 0.6 is 0 Å². The van der Waals surface area contributed by atoms with Crippen LogP contribution in [0.5, 0.6) is 11.5 Å². The van der Waals surface area contributed by atoms with Gasteiger partial charge in [0.2, 0.25) is 0 Å². The lowest BCUT2D eigenvalue weighted by Crippen LogP contribution is -2.57. The molecule has 0 spiro atoms. The van der Waals surface area contributed by atoms with Crippen molar-refractivity contribution < 1.29 is 39.2 Å². The monoisotopic (exact) mass is 640 g/mol. The van der Waals surface area contributed by atoms with Crippen LogP contribution in [0.2, 0.25) is 0 Å². The maximum Gasteiger partial charge on any atom is 0.303 e. The normalized spacial score (nSPS) is 33.5. The molecule has 0 amide bonds. The zero-order valence-corrected chi connectivity index (χ0v) is 28.0. The molecule has 1 aromatic rings. The van der Waals surface area contributed by atoms with Gasteiger partial charge in [-0.25, -0.2) is 0 Å². The maximum absolute atomic E-state index is 12.5. The van der Waals surface area contributed by atoms with E-state index in [1.54, 1.807) is 0 Å². The number of aryl methyl sites for hydroxylation is 1. The highest BCUT2D eigenvalue weighted by Crippen LogP contribution is 2.68. The van der Waals surface area contributed by atoms with Crippen molar-refractivity contribution >= 4 is 17.7 Å². The fourth-order valence-electron chi connectivity index (χ4n) is 10.4. The zero-order valence-electron chi connectivity index (χ0n) is 28.0. The van der Waals surface area contributed by atoms with Crippen LogP contribution in [0.25, 0.3) is 0 Å². The molecule has 256 valence electrons. The van der Waals surface area contributed by atoms with Gasteiger partial charge in [0.15, 0.2) is 0 Å². The van der Waals surface area contributed by atoms with Gasteiger partial charge in [-0.1, -0.05) is 13.8 Å². The largest absolute Gasteiger partial charge is 0.493 e. The molecule has 0 heterocycles. The Balaban J connectivity index is 1.27. The zero-order chi connectivity index (χ0) is 32.9. The molecule has 4 aliphatic rings. The standard InChI is InChI=1S/C38H56O8/c1-37-17-16-28(39)22-27(37)12-13-31-32-14-15-33(40)38(32,2)24-26(36(31)37)9-7-8-25-20-29(45-18-5-3-10-34(41)42)23-30(21-25)46-19-6-4-11-35(43)44/h20-21,23,26-27,31-33,36,40H,3-19,22,24H2,1-2H3,(H,41,42)(H,43,44)/t26-,27-,31?,32?,33-,36?,37-,38-/m0/s1.